The number of nitrogen functional groups attached to an aromatic ring is 1. The Bertz CT molecular complexity index is 329. The number of nitrogens with zero attached hydrogens (tertiary/aromatic N) is 1. The van der Waals surface area contributed by atoms with E-state index in [1.807, 2.05) is 6.07 Å². The summed E-state index contributed by atoms with van der Waals surface area (Å²) in [5, 5.41) is 3.76. The van der Waals surface area contributed by atoms with Crippen LogP contribution in [0, 0.1) is 5.92 Å². The highest BCUT2D eigenvalue weighted by Gasteiger charge is 2.23. The highest BCUT2D eigenvalue weighted by atomic mass is 35.5. The van der Waals surface area contributed by atoms with Crippen LogP contribution in [0.3, 0.4) is 0 Å². The Balaban J connectivity index is 1.96. The molecule has 1 aromatic rings. The van der Waals surface area contributed by atoms with E-state index >= 15 is 0 Å². The topological polar surface area (TPSA) is 50.9 Å². The first-order valence-electron chi connectivity index (χ1n) is 5.33. The fraction of sp³-hybridized carbons (Fsp3) is 0.545. The minimum atomic E-state index is 0.433. The molecule has 1 saturated carbocycles. The minimum absolute atomic E-state index is 0.433. The molecular formula is C11H16ClN3. The predicted octanol–water partition coefficient (Wildman–Crippen LogP) is 2.92. The third-order valence-corrected chi connectivity index (χ3v) is 2.79. The number of pyridine rings is 1. The van der Waals surface area contributed by atoms with E-state index < -0.39 is 0 Å². The van der Waals surface area contributed by atoms with Crippen molar-refractivity contribution in [3.63, 3.8) is 0 Å². The lowest BCUT2D eigenvalue weighted by Crippen LogP contribution is -2.16. The summed E-state index contributed by atoms with van der Waals surface area (Å²) in [6.07, 6.45) is 3.95. The minimum Gasteiger partial charge on any atom is -0.399 e. The molecule has 82 valence electrons. The number of nitrogens with one attached hydrogen (secondary N) is 1. The molecule has 0 aliphatic heterocycles. The molecule has 0 bridgehead atoms. The van der Waals surface area contributed by atoms with Crippen LogP contribution in [0.15, 0.2) is 12.1 Å². The quantitative estimate of drug-likeness (QED) is 0.775. The van der Waals surface area contributed by atoms with Crippen LogP contribution in [0.4, 0.5) is 11.5 Å². The second kappa shape index (κ2) is 4.27. The molecule has 1 aliphatic rings. The summed E-state index contributed by atoms with van der Waals surface area (Å²) in [5.41, 5.74) is 6.33. The van der Waals surface area contributed by atoms with E-state index in [2.05, 4.69) is 17.2 Å². The van der Waals surface area contributed by atoms with Crippen molar-refractivity contribution >= 4 is 23.1 Å². The normalized spacial score (nSPS) is 17.5. The number of halogens is 1. The lowest BCUT2D eigenvalue weighted by Gasteiger charge is -2.14. The van der Waals surface area contributed by atoms with Gasteiger partial charge >= 0.3 is 0 Å². The molecule has 15 heavy (non-hydrogen) atoms. The molecular weight excluding hydrogens is 210 g/mol. The molecule has 1 aromatic heterocycles. The predicted molar refractivity (Wildman–Crippen MR) is 64.1 cm³/mol. The second-order valence-electron chi connectivity index (χ2n) is 4.33. The van der Waals surface area contributed by atoms with E-state index in [1.165, 1.54) is 19.3 Å². The van der Waals surface area contributed by atoms with Crippen LogP contribution in [0.5, 0.6) is 0 Å². The van der Waals surface area contributed by atoms with E-state index in [0.717, 1.165) is 11.7 Å². The van der Waals surface area contributed by atoms with E-state index in [1.54, 1.807) is 6.07 Å². The van der Waals surface area contributed by atoms with Gasteiger partial charge in [-0.1, -0.05) is 24.4 Å². The smallest absolute Gasteiger partial charge is 0.133 e. The molecule has 0 radical (unpaired) electrons. The molecule has 3 N–H and O–H groups in total. The Hall–Kier alpha value is -0.960. The standard InChI is InChI=1S/C11H16ClN3/c1-7(4-8-2-3-8)14-11-6-9(13)5-10(12)15-11/h5-8H,2-4H2,1H3,(H3,13,14,15). The van der Waals surface area contributed by atoms with Crippen molar-refractivity contribution in [2.45, 2.75) is 32.2 Å². The molecule has 1 heterocycles. The van der Waals surface area contributed by atoms with Crippen molar-refractivity contribution in [3.05, 3.63) is 17.3 Å². The molecule has 1 aliphatic carbocycles. The first-order valence-corrected chi connectivity index (χ1v) is 5.71. The van der Waals surface area contributed by atoms with Gasteiger partial charge in [0, 0.05) is 17.8 Å². The average Bonchev–Trinajstić information content (AvgIpc) is 2.85. The number of rotatable bonds is 4. The van der Waals surface area contributed by atoms with Gasteiger partial charge in [-0.3, -0.25) is 0 Å². The van der Waals surface area contributed by atoms with Gasteiger partial charge in [0.05, 0.1) is 0 Å². The molecule has 1 fully saturated rings. The van der Waals surface area contributed by atoms with Gasteiger partial charge in [0.15, 0.2) is 0 Å². The fourth-order valence-corrected chi connectivity index (χ4v) is 1.97. The average molecular weight is 226 g/mol. The van der Waals surface area contributed by atoms with Crippen LogP contribution in [0.1, 0.15) is 26.2 Å². The summed E-state index contributed by atoms with van der Waals surface area (Å²) < 4.78 is 0. The Morgan fingerprint density at radius 3 is 2.93 bits per heavy atom. The third-order valence-electron chi connectivity index (χ3n) is 2.59. The SMILES string of the molecule is CC(CC1CC1)Nc1cc(N)cc(Cl)n1. The van der Waals surface area contributed by atoms with Crippen molar-refractivity contribution in [3.8, 4) is 0 Å². The van der Waals surface area contributed by atoms with Crippen molar-refractivity contribution in [2.24, 2.45) is 5.92 Å². The van der Waals surface area contributed by atoms with Gasteiger partial charge in [-0.15, -0.1) is 0 Å². The van der Waals surface area contributed by atoms with Gasteiger partial charge in [-0.25, -0.2) is 4.98 Å². The van der Waals surface area contributed by atoms with Crippen molar-refractivity contribution < 1.29 is 0 Å². The van der Waals surface area contributed by atoms with Gasteiger partial charge in [-0.2, -0.15) is 0 Å². The number of hydrogen-bond acceptors (Lipinski definition) is 3. The van der Waals surface area contributed by atoms with Gasteiger partial charge in [0.25, 0.3) is 0 Å². The zero-order valence-electron chi connectivity index (χ0n) is 8.83. The lowest BCUT2D eigenvalue weighted by molar-refractivity contribution is 0.640. The summed E-state index contributed by atoms with van der Waals surface area (Å²) in [6.45, 7) is 2.16. The Labute approximate surface area is 95.0 Å². The lowest BCUT2D eigenvalue weighted by atomic mass is 10.1. The maximum Gasteiger partial charge on any atom is 0.133 e. The van der Waals surface area contributed by atoms with E-state index in [9.17, 15) is 0 Å². The number of hydrogen-bond donors (Lipinski definition) is 2. The molecule has 4 heteroatoms. The van der Waals surface area contributed by atoms with Gasteiger partial charge < -0.3 is 11.1 Å². The van der Waals surface area contributed by atoms with Crippen molar-refractivity contribution in [2.75, 3.05) is 11.1 Å². The van der Waals surface area contributed by atoms with Gasteiger partial charge in [-0.05, 0) is 25.3 Å². The summed E-state index contributed by atoms with van der Waals surface area (Å²) in [7, 11) is 0. The molecule has 3 nitrogen and oxygen atoms in total. The van der Waals surface area contributed by atoms with Crippen LogP contribution < -0.4 is 11.1 Å². The molecule has 0 aromatic carbocycles. The van der Waals surface area contributed by atoms with Crippen LogP contribution in [0.2, 0.25) is 5.15 Å². The van der Waals surface area contributed by atoms with Crippen LogP contribution in [-0.4, -0.2) is 11.0 Å². The van der Waals surface area contributed by atoms with Crippen LogP contribution in [0.25, 0.3) is 0 Å². The van der Waals surface area contributed by atoms with Crippen LogP contribution >= 0.6 is 11.6 Å². The summed E-state index contributed by atoms with van der Waals surface area (Å²) >= 11 is 5.82. The molecule has 2 rings (SSSR count). The molecule has 0 saturated heterocycles. The molecule has 0 spiro atoms. The van der Waals surface area contributed by atoms with Crippen LogP contribution in [-0.2, 0) is 0 Å². The highest BCUT2D eigenvalue weighted by molar-refractivity contribution is 6.29. The van der Waals surface area contributed by atoms with Gasteiger partial charge in [0.1, 0.15) is 11.0 Å². The first kappa shape index (κ1) is 10.6. The molecule has 1 unspecified atom stereocenters. The Kier molecular flexibility index (Phi) is 3.00. The van der Waals surface area contributed by atoms with Crippen molar-refractivity contribution in [1.82, 2.24) is 4.98 Å². The monoisotopic (exact) mass is 225 g/mol. The maximum atomic E-state index is 5.82. The zero-order valence-corrected chi connectivity index (χ0v) is 9.59. The summed E-state index contributed by atoms with van der Waals surface area (Å²) in [6, 6.07) is 3.90. The second-order valence-corrected chi connectivity index (χ2v) is 4.72. The summed E-state index contributed by atoms with van der Waals surface area (Å²) in [5.74, 6) is 1.68. The third kappa shape index (κ3) is 3.27. The van der Waals surface area contributed by atoms with E-state index in [0.29, 0.717) is 16.9 Å². The zero-order chi connectivity index (χ0) is 10.8. The fourth-order valence-electron chi connectivity index (χ4n) is 1.76. The Morgan fingerprint density at radius 2 is 2.33 bits per heavy atom. The number of nitrogens with two attached hydrogens (primary N) is 1. The molecule has 0 amide bonds. The number of anilines is 2. The first-order chi connectivity index (χ1) is 7.13. The number of aromatic nitrogens is 1. The molecule has 1 atom stereocenters. The Morgan fingerprint density at radius 1 is 1.60 bits per heavy atom. The maximum absolute atomic E-state index is 5.82. The van der Waals surface area contributed by atoms with E-state index in [4.69, 9.17) is 17.3 Å². The largest absolute Gasteiger partial charge is 0.399 e. The van der Waals surface area contributed by atoms with Crippen molar-refractivity contribution in [1.29, 1.82) is 0 Å². The van der Waals surface area contributed by atoms with E-state index in [-0.39, 0.29) is 0 Å². The summed E-state index contributed by atoms with van der Waals surface area (Å²) in [4.78, 5) is 4.18. The van der Waals surface area contributed by atoms with Gasteiger partial charge in [0.2, 0.25) is 0 Å². The highest BCUT2D eigenvalue weighted by Crippen LogP contribution is 2.34.